The van der Waals surface area contributed by atoms with Crippen molar-refractivity contribution in [2.24, 2.45) is 5.92 Å². The van der Waals surface area contributed by atoms with Gasteiger partial charge in [0.15, 0.2) is 0 Å². The normalized spacial score (nSPS) is 24.4. The van der Waals surface area contributed by atoms with E-state index in [1.54, 1.807) is 0 Å². The average Bonchev–Trinajstić information content (AvgIpc) is 2.22. The van der Waals surface area contributed by atoms with Crippen LogP contribution in [0.3, 0.4) is 0 Å². The highest BCUT2D eigenvalue weighted by Crippen LogP contribution is 2.37. The zero-order chi connectivity index (χ0) is 11.4. The molecule has 0 saturated carbocycles. The Morgan fingerprint density at radius 2 is 1.94 bits per heavy atom. The molecule has 16 heavy (non-hydrogen) atoms. The zero-order valence-electron chi connectivity index (χ0n) is 10.4. The predicted octanol–water partition coefficient (Wildman–Crippen LogP) is 4.34. The van der Waals surface area contributed by atoms with E-state index in [2.05, 4.69) is 44.2 Å². The van der Waals surface area contributed by atoms with E-state index in [1.165, 1.54) is 31.2 Å². The highest BCUT2D eigenvalue weighted by atomic mass is 16.5. The lowest BCUT2D eigenvalue weighted by Gasteiger charge is -2.36. The summed E-state index contributed by atoms with van der Waals surface area (Å²) in [7, 11) is 0. The Morgan fingerprint density at radius 1 is 1.25 bits per heavy atom. The Kier molecular flexibility index (Phi) is 4.00. The molecule has 2 atom stereocenters. The fourth-order valence-electron chi connectivity index (χ4n) is 2.28. The van der Waals surface area contributed by atoms with Crippen molar-refractivity contribution in [3.05, 3.63) is 35.9 Å². The Morgan fingerprint density at radius 3 is 2.56 bits per heavy atom. The first-order valence-electron chi connectivity index (χ1n) is 6.46. The Balaban J connectivity index is 1.66. The molecule has 0 aliphatic carbocycles. The topological polar surface area (TPSA) is 9.23 Å². The van der Waals surface area contributed by atoms with Crippen LogP contribution in [0, 0.1) is 5.92 Å². The van der Waals surface area contributed by atoms with Crippen molar-refractivity contribution in [3.8, 4) is 0 Å². The van der Waals surface area contributed by atoms with E-state index in [9.17, 15) is 0 Å². The van der Waals surface area contributed by atoms with E-state index >= 15 is 0 Å². The number of ether oxygens (including phenoxy) is 1. The van der Waals surface area contributed by atoms with Gasteiger partial charge in [-0.05, 0) is 17.9 Å². The molecule has 1 heterocycles. The van der Waals surface area contributed by atoms with Crippen molar-refractivity contribution in [1.29, 1.82) is 0 Å². The van der Waals surface area contributed by atoms with Gasteiger partial charge < -0.3 is 4.74 Å². The van der Waals surface area contributed by atoms with Crippen molar-refractivity contribution >= 4 is 0 Å². The molecule has 1 aliphatic rings. The molecule has 88 valence electrons. The smallest absolute Gasteiger partial charge is 0.0853 e. The minimum absolute atomic E-state index is 0.366. The first kappa shape index (κ1) is 11.7. The molecule has 1 aromatic carbocycles. The second kappa shape index (κ2) is 5.49. The molecule has 0 aromatic heterocycles. The van der Waals surface area contributed by atoms with Crippen LogP contribution in [0.15, 0.2) is 30.3 Å². The second-order valence-corrected chi connectivity index (χ2v) is 5.22. The van der Waals surface area contributed by atoms with E-state index in [4.69, 9.17) is 4.74 Å². The third kappa shape index (κ3) is 3.08. The maximum absolute atomic E-state index is 5.91. The molecular weight excluding hydrogens is 196 g/mol. The summed E-state index contributed by atoms with van der Waals surface area (Å²) >= 11 is 0. The lowest BCUT2D eigenvalue weighted by Crippen LogP contribution is -2.30. The first-order chi connectivity index (χ1) is 7.75. The van der Waals surface area contributed by atoms with Gasteiger partial charge in [-0.15, -0.1) is 0 Å². The molecule has 1 aliphatic heterocycles. The van der Waals surface area contributed by atoms with Crippen LogP contribution in [0.25, 0.3) is 0 Å². The molecule has 1 aromatic rings. The van der Waals surface area contributed by atoms with Gasteiger partial charge in [0.05, 0.1) is 12.2 Å². The van der Waals surface area contributed by atoms with Crippen LogP contribution in [0.1, 0.15) is 51.2 Å². The average molecular weight is 218 g/mol. The number of benzene rings is 1. The van der Waals surface area contributed by atoms with Gasteiger partial charge in [0.2, 0.25) is 0 Å². The molecular formula is C15H22O. The third-order valence-electron chi connectivity index (χ3n) is 3.31. The molecule has 1 fully saturated rings. The number of hydrogen-bond acceptors (Lipinski definition) is 1. The highest BCUT2D eigenvalue weighted by Gasteiger charge is 2.30. The molecule has 1 saturated heterocycles. The van der Waals surface area contributed by atoms with Crippen molar-refractivity contribution < 1.29 is 4.74 Å². The summed E-state index contributed by atoms with van der Waals surface area (Å²) in [6.07, 6.45) is 5.97. The molecule has 1 heteroatoms. The Hall–Kier alpha value is -0.820. The monoisotopic (exact) mass is 218 g/mol. The summed E-state index contributed by atoms with van der Waals surface area (Å²) in [5, 5.41) is 0. The molecule has 0 N–H and O–H groups in total. The second-order valence-electron chi connectivity index (χ2n) is 5.22. The zero-order valence-corrected chi connectivity index (χ0v) is 10.4. The highest BCUT2D eigenvalue weighted by molar-refractivity contribution is 5.19. The van der Waals surface area contributed by atoms with Gasteiger partial charge in [-0.3, -0.25) is 0 Å². The van der Waals surface area contributed by atoms with Crippen LogP contribution in [0.4, 0.5) is 0 Å². The van der Waals surface area contributed by atoms with Crippen molar-refractivity contribution in [2.75, 3.05) is 0 Å². The Labute approximate surface area is 98.8 Å². The van der Waals surface area contributed by atoms with E-state index in [1.807, 2.05) is 0 Å². The third-order valence-corrected chi connectivity index (χ3v) is 3.31. The fourth-order valence-corrected chi connectivity index (χ4v) is 2.28. The van der Waals surface area contributed by atoms with E-state index in [-0.39, 0.29) is 0 Å². The summed E-state index contributed by atoms with van der Waals surface area (Å²) in [6, 6.07) is 10.6. The van der Waals surface area contributed by atoms with Crippen molar-refractivity contribution in [1.82, 2.24) is 0 Å². The van der Waals surface area contributed by atoms with Crippen molar-refractivity contribution in [3.63, 3.8) is 0 Å². The van der Waals surface area contributed by atoms with E-state index in [0.29, 0.717) is 12.2 Å². The molecule has 2 unspecified atom stereocenters. The lowest BCUT2D eigenvalue weighted by atomic mass is 9.93. The number of hydrogen-bond donors (Lipinski definition) is 0. The van der Waals surface area contributed by atoms with Crippen LogP contribution in [-0.2, 0) is 4.74 Å². The fraction of sp³-hybridized carbons (Fsp3) is 0.600. The summed E-state index contributed by atoms with van der Waals surface area (Å²) in [4.78, 5) is 0. The molecule has 0 radical (unpaired) electrons. The van der Waals surface area contributed by atoms with E-state index < -0.39 is 0 Å². The minimum atomic E-state index is 0.366. The van der Waals surface area contributed by atoms with Crippen LogP contribution < -0.4 is 0 Å². The van der Waals surface area contributed by atoms with Crippen LogP contribution in [0.5, 0.6) is 0 Å². The van der Waals surface area contributed by atoms with E-state index in [0.717, 1.165) is 5.92 Å². The van der Waals surface area contributed by atoms with Gasteiger partial charge in [0, 0.05) is 6.42 Å². The van der Waals surface area contributed by atoms with Gasteiger partial charge in [-0.2, -0.15) is 0 Å². The van der Waals surface area contributed by atoms with Gasteiger partial charge in [0.25, 0.3) is 0 Å². The maximum atomic E-state index is 5.91. The van der Waals surface area contributed by atoms with Gasteiger partial charge in [0.1, 0.15) is 0 Å². The van der Waals surface area contributed by atoms with Crippen LogP contribution in [0.2, 0.25) is 0 Å². The molecule has 0 amide bonds. The lowest BCUT2D eigenvalue weighted by molar-refractivity contribution is -0.130. The first-order valence-corrected chi connectivity index (χ1v) is 6.46. The minimum Gasteiger partial charge on any atom is -0.370 e. The van der Waals surface area contributed by atoms with Gasteiger partial charge in [-0.25, -0.2) is 0 Å². The number of rotatable bonds is 5. The molecule has 0 bridgehead atoms. The van der Waals surface area contributed by atoms with Gasteiger partial charge >= 0.3 is 0 Å². The molecule has 0 spiro atoms. The molecule has 1 nitrogen and oxygen atoms in total. The Bertz CT molecular complexity index is 298. The predicted molar refractivity (Wildman–Crippen MR) is 67.4 cm³/mol. The van der Waals surface area contributed by atoms with Crippen molar-refractivity contribution in [2.45, 2.75) is 51.7 Å². The SMILES string of the molecule is CC(C)CCCC1CC(c2ccccc2)O1. The van der Waals surface area contributed by atoms with Crippen LogP contribution in [-0.4, -0.2) is 6.10 Å². The standard InChI is InChI=1S/C15H22O/c1-12(2)7-6-10-14-11-15(16-14)13-8-4-3-5-9-13/h3-5,8-9,12,14-15H,6-7,10-11H2,1-2H3. The summed E-state index contributed by atoms with van der Waals surface area (Å²) < 4.78 is 5.91. The summed E-state index contributed by atoms with van der Waals surface area (Å²) in [5.74, 6) is 0.824. The quantitative estimate of drug-likeness (QED) is 0.714. The van der Waals surface area contributed by atoms with Crippen LogP contribution >= 0.6 is 0 Å². The molecule has 2 rings (SSSR count). The summed E-state index contributed by atoms with van der Waals surface area (Å²) in [5.41, 5.74) is 1.34. The summed E-state index contributed by atoms with van der Waals surface area (Å²) in [6.45, 7) is 4.57. The van der Waals surface area contributed by atoms with Gasteiger partial charge in [-0.1, -0.05) is 57.0 Å². The maximum Gasteiger partial charge on any atom is 0.0853 e. The largest absolute Gasteiger partial charge is 0.370 e.